The first kappa shape index (κ1) is 10.9. The normalized spacial score (nSPS) is 10.6. The van der Waals surface area contributed by atoms with Gasteiger partial charge in [0.25, 0.3) is 0 Å². The van der Waals surface area contributed by atoms with Crippen LogP contribution in [0.5, 0.6) is 0 Å². The maximum Gasteiger partial charge on any atom is 0.218 e. The average Bonchev–Trinajstić information content (AvgIpc) is 2.58. The second kappa shape index (κ2) is 4.09. The lowest BCUT2D eigenvalue weighted by molar-refractivity contribution is 0.786. The molecule has 2 rings (SSSR count). The molecule has 1 N–H and O–H groups in total. The van der Waals surface area contributed by atoms with Crippen LogP contribution in [-0.4, -0.2) is 20.2 Å². The molecule has 78 valence electrons. The molecule has 1 aromatic heterocycles. The SMILES string of the molecule is S=c1[nH]nnn1-c1cc(Cl)c(Cl)cc1Cl. The van der Waals surface area contributed by atoms with Crippen LogP contribution in [0.15, 0.2) is 12.1 Å². The van der Waals surface area contributed by atoms with Crippen molar-refractivity contribution in [1.82, 2.24) is 20.2 Å². The van der Waals surface area contributed by atoms with E-state index in [1.807, 2.05) is 0 Å². The summed E-state index contributed by atoms with van der Waals surface area (Å²) in [5.41, 5.74) is 0.532. The Balaban J connectivity index is 2.69. The fraction of sp³-hybridized carbons (Fsp3) is 0. The van der Waals surface area contributed by atoms with Gasteiger partial charge in [-0.1, -0.05) is 34.8 Å². The lowest BCUT2D eigenvalue weighted by Gasteiger charge is -2.04. The summed E-state index contributed by atoms with van der Waals surface area (Å²) in [5, 5.41) is 10.9. The van der Waals surface area contributed by atoms with E-state index in [-0.39, 0.29) is 0 Å². The van der Waals surface area contributed by atoms with E-state index in [1.165, 1.54) is 10.7 Å². The van der Waals surface area contributed by atoms with Crippen LogP contribution in [0.2, 0.25) is 15.1 Å². The van der Waals surface area contributed by atoms with Gasteiger partial charge in [-0.05, 0) is 34.8 Å². The summed E-state index contributed by atoms with van der Waals surface area (Å²) in [6.45, 7) is 0. The maximum absolute atomic E-state index is 5.97. The maximum atomic E-state index is 5.97. The number of nitrogens with zero attached hydrogens (tertiary/aromatic N) is 3. The highest BCUT2D eigenvalue weighted by Crippen LogP contribution is 2.30. The second-order valence-electron chi connectivity index (χ2n) is 2.64. The standard InChI is InChI=1S/C7H3Cl3N4S/c8-3-1-5(10)6(2-4(3)9)14-7(15)11-12-13-14/h1-2H,(H,11,13,15). The fourth-order valence-corrected chi connectivity index (χ4v) is 1.83. The van der Waals surface area contributed by atoms with E-state index in [4.69, 9.17) is 47.0 Å². The van der Waals surface area contributed by atoms with Gasteiger partial charge in [-0.3, -0.25) is 0 Å². The zero-order chi connectivity index (χ0) is 11.0. The van der Waals surface area contributed by atoms with E-state index >= 15 is 0 Å². The molecule has 8 heteroatoms. The van der Waals surface area contributed by atoms with Crippen molar-refractivity contribution in [2.24, 2.45) is 0 Å². The Bertz CT molecular complexity index is 562. The van der Waals surface area contributed by atoms with Crippen molar-refractivity contribution >= 4 is 47.0 Å². The van der Waals surface area contributed by atoms with Gasteiger partial charge in [0.2, 0.25) is 4.77 Å². The summed E-state index contributed by atoms with van der Waals surface area (Å²) >= 11 is 22.6. The first-order valence-electron chi connectivity index (χ1n) is 3.75. The highest BCUT2D eigenvalue weighted by molar-refractivity contribution is 7.71. The van der Waals surface area contributed by atoms with E-state index in [0.717, 1.165) is 0 Å². The molecule has 0 bridgehead atoms. The number of hydrogen-bond donors (Lipinski definition) is 1. The van der Waals surface area contributed by atoms with Gasteiger partial charge in [0.1, 0.15) is 0 Å². The van der Waals surface area contributed by atoms with Crippen LogP contribution < -0.4 is 0 Å². The number of H-pyrrole nitrogens is 1. The minimum absolute atomic E-state index is 0.329. The molecule has 0 saturated heterocycles. The zero-order valence-electron chi connectivity index (χ0n) is 7.04. The number of halogens is 3. The third-order valence-electron chi connectivity index (χ3n) is 1.69. The molecule has 0 radical (unpaired) electrons. The van der Waals surface area contributed by atoms with Crippen LogP contribution in [0, 0.1) is 4.77 Å². The van der Waals surface area contributed by atoms with E-state index in [9.17, 15) is 0 Å². The molecular weight excluding hydrogens is 279 g/mol. The van der Waals surface area contributed by atoms with E-state index in [0.29, 0.717) is 25.5 Å². The molecule has 0 unspecified atom stereocenters. The van der Waals surface area contributed by atoms with Crippen LogP contribution in [0.25, 0.3) is 5.69 Å². The summed E-state index contributed by atoms with van der Waals surface area (Å²) in [4.78, 5) is 0. The number of nitrogens with one attached hydrogen (secondary N) is 1. The van der Waals surface area contributed by atoms with Gasteiger partial charge in [-0.2, -0.15) is 4.68 Å². The Labute approximate surface area is 105 Å². The molecular formula is C7H3Cl3N4S. The third-order valence-corrected chi connectivity index (χ3v) is 2.98. The second-order valence-corrected chi connectivity index (χ2v) is 4.24. The third kappa shape index (κ3) is 2.01. The van der Waals surface area contributed by atoms with Crippen molar-refractivity contribution in [2.45, 2.75) is 0 Å². The quantitative estimate of drug-likeness (QED) is 0.644. The summed E-state index contributed by atoms with van der Waals surface area (Å²) in [5.74, 6) is 0. The van der Waals surface area contributed by atoms with Gasteiger partial charge in [-0.15, -0.1) is 0 Å². The number of rotatable bonds is 1. The van der Waals surface area contributed by atoms with Crippen LogP contribution in [-0.2, 0) is 0 Å². The van der Waals surface area contributed by atoms with E-state index in [2.05, 4.69) is 15.5 Å². The lowest BCUT2D eigenvalue weighted by Crippen LogP contribution is -1.98. The number of tetrazole rings is 1. The lowest BCUT2D eigenvalue weighted by atomic mass is 10.3. The van der Waals surface area contributed by atoms with E-state index < -0.39 is 0 Å². The molecule has 0 fully saturated rings. The molecule has 2 aromatic rings. The fourth-order valence-electron chi connectivity index (χ4n) is 1.03. The molecule has 0 aliphatic rings. The Hall–Kier alpha value is -0.620. The van der Waals surface area contributed by atoms with Crippen molar-refractivity contribution in [1.29, 1.82) is 0 Å². The topological polar surface area (TPSA) is 46.5 Å². The number of hydrogen-bond acceptors (Lipinski definition) is 3. The zero-order valence-corrected chi connectivity index (χ0v) is 10.1. The predicted octanol–water partition coefficient (Wildman–Crippen LogP) is 3.29. The monoisotopic (exact) mass is 280 g/mol. The van der Waals surface area contributed by atoms with Crippen molar-refractivity contribution in [2.75, 3.05) is 0 Å². The predicted molar refractivity (Wildman–Crippen MR) is 61.6 cm³/mol. The Morgan fingerprint density at radius 3 is 2.40 bits per heavy atom. The van der Waals surface area contributed by atoms with Crippen LogP contribution in [0.3, 0.4) is 0 Å². The molecule has 0 amide bonds. The van der Waals surface area contributed by atoms with Crippen molar-refractivity contribution in [3.8, 4) is 5.69 Å². The number of aromatic amines is 1. The van der Waals surface area contributed by atoms with E-state index in [1.54, 1.807) is 6.07 Å². The molecule has 0 aliphatic carbocycles. The van der Waals surface area contributed by atoms with Crippen LogP contribution in [0.4, 0.5) is 0 Å². The Kier molecular flexibility index (Phi) is 2.97. The van der Waals surface area contributed by atoms with Crippen molar-refractivity contribution < 1.29 is 0 Å². The smallest absolute Gasteiger partial charge is 0.218 e. The highest BCUT2D eigenvalue weighted by Gasteiger charge is 2.09. The minimum atomic E-state index is 0.329. The molecule has 1 heterocycles. The number of aromatic nitrogens is 4. The van der Waals surface area contributed by atoms with Gasteiger partial charge >= 0.3 is 0 Å². The molecule has 0 aliphatic heterocycles. The number of benzene rings is 1. The molecule has 1 aromatic carbocycles. The van der Waals surface area contributed by atoms with Gasteiger partial charge in [-0.25, -0.2) is 5.10 Å². The summed E-state index contributed by atoms with van der Waals surface area (Å²) in [7, 11) is 0. The van der Waals surface area contributed by atoms with Gasteiger partial charge in [0.15, 0.2) is 0 Å². The first-order chi connectivity index (χ1) is 7.09. The summed E-state index contributed by atoms with van der Waals surface area (Å²) < 4.78 is 1.69. The van der Waals surface area contributed by atoms with Crippen LogP contribution >= 0.6 is 47.0 Å². The summed E-state index contributed by atoms with van der Waals surface area (Å²) in [6.07, 6.45) is 0. The molecule has 0 saturated carbocycles. The molecule has 4 nitrogen and oxygen atoms in total. The molecule has 0 spiro atoms. The first-order valence-corrected chi connectivity index (χ1v) is 5.29. The average molecular weight is 282 g/mol. The largest absolute Gasteiger partial charge is 0.231 e. The van der Waals surface area contributed by atoms with Crippen molar-refractivity contribution in [3.05, 3.63) is 32.0 Å². The Morgan fingerprint density at radius 2 is 1.80 bits per heavy atom. The summed E-state index contributed by atoms with van der Waals surface area (Å²) in [6, 6.07) is 3.10. The van der Waals surface area contributed by atoms with Crippen molar-refractivity contribution in [3.63, 3.8) is 0 Å². The highest BCUT2D eigenvalue weighted by atomic mass is 35.5. The molecule has 15 heavy (non-hydrogen) atoms. The Morgan fingerprint density at radius 1 is 1.13 bits per heavy atom. The van der Waals surface area contributed by atoms with Gasteiger partial charge in [0, 0.05) is 0 Å². The van der Waals surface area contributed by atoms with Gasteiger partial charge in [0.05, 0.1) is 20.8 Å². The minimum Gasteiger partial charge on any atom is -0.231 e. The van der Waals surface area contributed by atoms with Crippen LogP contribution in [0.1, 0.15) is 0 Å². The molecule has 0 atom stereocenters. The van der Waals surface area contributed by atoms with Gasteiger partial charge < -0.3 is 0 Å².